The number of ether oxygens (including phenoxy) is 1. The van der Waals surface area contributed by atoms with Crippen molar-refractivity contribution in [2.24, 2.45) is 0 Å². The minimum absolute atomic E-state index is 0.0596. The Labute approximate surface area is 214 Å². The zero-order chi connectivity index (χ0) is 25.9. The zero-order valence-corrected chi connectivity index (χ0v) is 20.4. The van der Waals surface area contributed by atoms with Gasteiger partial charge in [0.1, 0.15) is 17.3 Å². The Hall–Kier alpha value is -4.39. The third kappa shape index (κ3) is 4.60. The van der Waals surface area contributed by atoms with Crippen molar-refractivity contribution in [3.63, 3.8) is 0 Å². The summed E-state index contributed by atoms with van der Waals surface area (Å²) < 4.78 is 19.9. The first-order chi connectivity index (χ1) is 18.0. The predicted octanol–water partition coefficient (Wildman–Crippen LogP) is 6.50. The van der Waals surface area contributed by atoms with E-state index in [0.717, 1.165) is 30.2 Å². The summed E-state index contributed by atoms with van der Waals surface area (Å²) in [7, 11) is 0. The number of aliphatic hydroxyl groups is 1. The Morgan fingerprint density at radius 1 is 1.03 bits per heavy atom. The Morgan fingerprint density at radius 2 is 1.81 bits per heavy atom. The average molecular weight is 499 g/mol. The number of unbranched alkanes of at least 4 members (excludes halogenated alkanes) is 2. The number of benzene rings is 3. The smallest absolute Gasteiger partial charge is 0.300 e. The Balaban J connectivity index is 1.60. The monoisotopic (exact) mass is 498 g/mol. The van der Waals surface area contributed by atoms with Gasteiger partial charge in [-0.15, -0.1) is 0 Å². The standard InChI is InChI=1S/C30H27FN2O4/c1-2-3-6-16-37-22-14-12-19(13-15-22)28(34)26-27(24-18-32-25-11-5-4-10-23(24)25)33(30(36)29(26)35)21-9-7-8-20(31)17-21/h4-5,7-15,17-18,27,32,34H,2-3,6,16H2,1H3/b28-26+. The lowest BCUT2D eigenvalue weighted by atomic mass is 9.94. The number of fused-ring (bicyclic) bond motifs is 1. The van der Waals surface area contributed by atoms with Gasteiger partial charge >= 0.3 is 0 Å². The molecule has 0 aliphatic carbocycles. The van der Waals surface area contributed by atoms with Crippen LogP contribution in [-0.4, -0.2) is 28.4 Å². The average Bonchev–Trinajstić information content (AvgIpc) is 3.45. The first kappa shape index (κ1) is 24.3. The maximum atomic E-state index is 14.2. The molecule has 1 aliphatic rings. The van der Waals surface area contributed by atoms with Gasteiger partial charge in [-0.25, -0.2) is 4.39 Å². The van der Waals surface area contributed by atoms with Crippen molar-refractivity contribution < 1.29 is 23.8 Å². The van der Waals surface area contributed by atoms with Crippen molar-refractivity contribution in [1.29, 1.82) is 0 Å². The van der Waals surface area contributed by atoms with Crippen molar-refractivity contribution in [3.8, 4) is 5.75 Å². The van der Waals surface area contributed by atoms with E-state index in [1.807, 2.05) is 24.3 Å². The number of H-pyrrole nitrogens is 1. The van der Waals surface area contributed by atoms with E-state index in [9.17, 15) is 19.1 Å². The largest absolute Gasteiger partial charge is 0.507 e. The highest BCUT2D eigenvalue weighted by molar-refractivity contribution is 6.51. The molecule has 0 radical (unpaired) electrons. The molecule has 2 N–H and O–H groups in total. The van der Waals surface area contributed by atoms with Gasteiger partial charge in [0.05, 0.1) is 18.2 Å². The summed E-state index contributed by atoms with van der Waals surface area (Å²) in [5.74, 6) is -1.85. The van der Waals surface area contributed by atoms with Gasteiger partial charge in [0.15, 0.2) is 0 Å². The van der Waals surface area contributed by atoms with Crippen LogP contribution in [0.3, 0.4) is 0 Å². The van der Waals surface area contributed by atoms with E-state index in [4.69, 9.17) is 4.74 Å². The number of hydrogen-bond acceptors (Lipinski definition) is 4. The molecule has 5 rings (SSSR count). The molecule has 6 nitrogen and oxygen atoms in total. The molecule has 37 heavy (non-hydrogen) atoms. The van der Waals surface area contributed by atoms with Gasteiger partial charge in [0, 0.05) is 33.9 Å². The number of amides is 1. The van der Waals surface area contributed by atoms with Gasteiger partial charge in [-0.2, -0.15) is 0 Å². The number of aromatic amines is 1. The summed E-state index contributed by atoms with van der Waals surface area (Å²) >= 11 is 0. The highest BCUT2D eigenvalue weighted by atomic mass is 19.1. The molecule has 1 amide bonds. The summed E-state index contributed by atoms with van der Waals surface area (Å²) in [4.78, 5) is 31.1. The van der Waals surface area contributed by atoms with Crippen LogP contribution in [-0.2, 0) is 9.59 Å². The number of anilines is 1. The summed E-state index contributed by atoms with van der Waals surface area (Å²) in [6, 6.07) is 18.8. The number of para-hydroxylation sites is 1. The quantitative estimate of drug-likeness (QED) is 0.126. The van der Waals surface area contributed by atoms with Crippen molar-refractivity contribution in [2.75, 3.05) is 11.5 Å². The van der Waals surface area contributed by atoms with Crippen LogP contribution in [0.25, 0.3) is 16.7 Å². The molecule has 0 saturated carbocycles. The summed E-state index contributed by atoms with van der Waals surface area (Å²) in [5, 5.41) is 12.2. The number of carbonyl (C=O) groups is 2. The maximum absolute atomic E-state index is 14.2. The van der Waals surface area contributed by atoms with E-state index < -0.39 is 23.5 Å². The van der Waals surface area contributed by atoms with E-state index in [1.165, 1.54) is 23.1 Å². The molecule has 1 unspecified atom stereocenters. The third-order valence-electron chi connectivity index (χ3n) is 6.59. The van der Waals surface area contributed by atoms with E-state index in [2.05, 4.69) is 11.9 Å². The van der Waals surface area contributed by atoms with Gasteiger partial charge in [0.25, 0.3) is 11.7 Å². The van der Waals surface area contributed by atoms with E-state index in [1.54, 1.807) is 36.5 Å². The van der Waals surface area contributed by atoms with Gasteiger partial charge in [-0.3, -0.25) is 14.5 Å². The minimum Gasteiger partial charge on any atom is -0.507 e. The lowest BCUT2D eigenvalue weighted by Crippen LogP contribution is -2.29. The fourth-order valence-electron chi connectivity index (χ4n) is 4.75. The van der Waals surface area contributed by atoms with Gasteiger partial charge < -0.3 is 14.8 Å². The van der Waals surface area contributed by atoms with Crippen molar-refractivity contribution >= 4 is 34.0 Å². The highest BCUT2D eigenvalue weighted by Gasteiger charge is 2.47. The van der Waals surface area contributed by atoms with Gasteiger partial charge in [0.2, 0.25) is 0 Å². The van der Waals surface area contributed by atoms with Crippen LogP contribution in [0.15, 0.2) is 84.6 Å². The predicted molar refractivity (Wildman–Crippen MR) is 141 cm³/mol. The molecule has 188 valence electrons. The minimum atomic E-state index is -0.956. The second-order valence-electron chi connectivity index (χ2n) is 9.02. The number of Topliss-reactive ketones (excluding diaryl/α,β-unsaturated/α-hetero) is 1. The normalized spacial score (nSPS) is 17.0. The van der Waals surface area contributed by atoms with Crippen molar-refractivity contribution in [1.82, 2.24) is 4.98 Å². The Bertz CT molecular complexity index is 1490. The van der Waals surface area contributed by atoms with Crippen LogP contribution in [0.5, 0.6) is 5.75 Å². The fourth-order valence-corrected chi connectivity index (χ4v) is 4.75. The van der Waals surface area contributed by atoms with Crippen LogP contribution in [0.2, 0.25) is 0 Å². The van der Waals surface area contributed by atoms with E-state index >= 15 is 0 Å². The molecule has 1 aromatic heterocycles. The SMILES string of the molecule is CCCCCOc1ccc(/C(O)=C2\C(=O)C(=O)N(c3cccc(F)c3)C2c2c[nH]c3ccccc23)cc1. The molecule has 2 heterocycles. The highest BCUT2D eigenvalue weighted by Crippen LogP contribution is 2.44. The molecule has 7 heteroatoms. The first-order valence-corrected chi connectivity index (χ1v) is 12.4. The van der Waals surface area contributed by atoms with Crippen LogP contribution in [0.1, 0.15) is 43.4 Å². The molecule has 3 aromatic carbocycles. The van der Waals surface area contributed by atoms with Crippen molar-refractivity contribution in [3.05, 3.63) is 102 Å². The summed E-state index contributed by atoms with van der Waals surface area (Å²) in [6.45, 7) is 2.72. The molecular formula is C30H27FN2O4. The van der Waals surface area contributed by atoms with Gasteiger partial charge in [-0.1, -0.05) is 44.0 Å². The molecule has 0 spiro atoms. The molecule has 4 aromatic rings. The first-order valence-electron chi connectivity index (χ1n) is 12.4. The Kier molecular flexibility index (Phi) is 6.77. The lowest BCUT2D eigenvalue weighted by Gasteiger charge is -2.25. The molecular weight excluding hydrogens is 471 g/mol. The number of halogens is 1. The number of hydrogen-bond donors (Lipinski definition) is 2. The second-order valence-corrected chi connectivity index (χ2v) is 9.02. The van der Waals surface area contributed by atoms with Crippen LogP contribution >= 0.6 is 0 Å². The molecule has 1 atom stereocenters. The second kappa shape index (κ2) is 10.3. The lowest BCUT2D eigenvalue weighted by molar-refractivity contribution is -0.132. The van der Waals surface area contributed by atoms with E-state index in [0.29, 0.717) is 23.5 Å². The number of ketones is 1. The van der Waals surface area contributed by atoms with E-state index in [-0.39, 0.29) is 17.0 Å². The summed E-state index contributed by atoms with van der Waals surface area (Å²) in [6.07, 6.45) is 4.85. The number of nitrogens with one attached hydrogen (secondary N) is 1. The molecule has 1 fully saturated rings. The topological polar surface area (TPSA) is 82.6 Å². The number of rotatable bonds is 8. The van der Waals surface area contributed by atoms with Crippen LogP contribution < -0.4 is 9.64 Å². The molecule has 0 bridgehead atoms. The molecule has 1 saturated heterocycles. The van der Waals surface area contributed by atoms with Crippen LogP contribution in [0, 0.1) is 5.82 Å². The number of carbonyl (C=O) groups excluding carboxylic acids is 2. The number of nitrogens with zero attached hydrogens (tertiary/aromatic N) is 1. The fraction of sp³-hybridized carbons (Fsp3) is 0.200. The Morgan fingerprint density at radius 3 is 2.57 bits per heavy atom. The third-order valence-corrected chi connectivity index (χ3v) is 6.59. The molecule has 1 aliphatic heterocycles. The van der Waals surface area contributed by atoms with Crippen LogP contribution in [0.4, 0.5) is 10.1 Å². The van der Waals surface area contributed by atoms with Gasteiger partial charge in [-0.05, 0) is 55.0 Å². The number of aromatic nitrogens is 1. The maximum Gasteiger partial charge on any atom is 0.300 e. The number of aliphatic hydroxyl groups excluding tert-OH is 1. The summed E-state index contributed by atoms with van der Waals surface area (Å²) in [5.41, 5.74) is 1.98. The van der Waals surface area contributed by atoms with Crippen molar-refractivity contribution in [2.45, 2.75) is 32.2 Å². The zero-order valence-electron chi connectivity index (χ0n) is 20.4.